The van der Waals surface area contributed by atoms with Crippen LogP contribution in [0.15, 0.2) is 54.6 Å². The van der Waals surface area contributed by atoms with Crippen molar-refractivity contribution in [1.29, 1.82) is 0 Å². The highest BCUT2D eigenvalue weighted by molar-refractivity contribution is 7.91. The molecule has 154 valence electrons. The third-order valence-corrected chi connectivity index (χ3v) is 6.55. The van der Waals surface area contributed by atoms with Gasteiger partial charge in [0, 0.05) is 12.6 Å². The Morgan fingerprint density at radius 1 is 1.10 bits per heavy atom. The van der Waals surface area contributed by atoms with Gasteiger partial charge in [-0.2, -0.15) is 0 Å². The van der Waals surface area contributed by atoms with Crippen molar-refractivity contribution in [1.82, 2.24) is 4.90 Å². The molecule has 7 nitrogen and oxygen atoms in total. The molecule has 0 aromatic heterocycles. The minimum absolute atomic E-state index is 0.0554. The number of carbonyl (C=O) groups is 2. The lowest BCUT2D eigenvalue weighted by molar-refractivity contribution is -0.137. The van der Waals surface area contributed by atoms with Crippen molar-refractivity contribution in [2.24, 2.45) is 0 Å². The summed E-state index contributed by atoms with van der Waals surface area (Å²) in [7, 11) is -1.67. The van der Waals surface area contributed by atoms with Gasteiger partial charge in [-0.3, -0.25) is 4.79 Å². The Bertz CT molecular complexity index is 974. The summed E-state index contributed by atoms with van der Waals surface area (Å²) in [5, 5.41) is 0. The molecule has 0 saturated carbocycles. The number of carbonyl (C=O) groups excluding carboxylic acids is 2. The average Bonchev–Trinajstić information content (AvgIpc) is 3.10. The quantitative estimate of drug-likeness (QED) is 0.641. The Hall–Kier alpha value is -2.87. The summed E-state index contributed by atoms with van der Waals surface area (Å²) in [6.07, 6.45) is 0.380. The molecule has 1 amide bonds. The predicted molar refractivity (Wildman–Crippen MR) is 107 cm³/mol. The summed E-state index contributed by atoms with van der Waals surface area (Å²) in [5.74, 6) is -0.578. The van der Waals surface area contributed by atoms with E-state index in [2.05, 4.69) is 0 Å². The topological polar surface area (TPSA) is 90.0 Å². The first-order valence-electron chi connectivity index (χ1n) is 9.23. The summed E-state index contributed by atoms with van der Waals surface area (Å²) >= 11 is 0. The lowest BCUT2D eigenvalue weighted by Crippen LogP contribution is -2.42. The van der Waals surface area contributed by atoms with E-state index in [1.807, 2.05) is 30.3 Å². The molecule has 0 radical (unpaired) electrons. The molecule has 1 aliphatic rings. The third kappa shape index (κ3) is 5.57. The van der Waals surface area contributed by atoms with E-state index in [1.165, 1.54) is 18.1 Å². The molecule has 2 aromatic rings. The zero-order valence-corrected chi connectivity index (χ0v) is 16.9. The summed E-state index contributed by atoms with van der Waals surface area (Å²) in [6.45, 7) is -0.198. The Labute approximate surface area is 170 Å². The van der Waals surface area contributed by atoms with Crippen molar-refractivity contribution in [3.05, 3.63) is 65.7 Å². The first kappa shape index (κ1) is 20.9. The molecule has 0 N–H and O–H groups in total. The van der Waals surface area contributed by atoms with Crippen LogP contribution in [0.2, 0.25) is 0 Å². The van der Waals surface area contributed by atoms with E-state index in [9.17, 15) is 18.0 Å². The summed E-state index contributed by atoms with van der Waals surface area (Å²) in [5.41, 5.74) is 1.15. The molecule has 1 aliphatic heterocycles. The zero-order chi connectivity index (χ0) is 20.9. The van der Waals surface area contributed by atoms with Crippen molar-refractivity contribution in [3.63, 3.8) is 0 Å². The van der Waals surface area contributed by atoms with Crippen molar-refractivity contribution in [2.75, 3.05) is 25.2 Å². The molecule has 29 heavy (non-hydrogen) atoms. The average molecular weight is 417 g/mol. The second kappa shape index (κ2) is 9.09. The number of hydrogen-bond acceptors (Lipinski definition) is 6. The van der Waals surface area contributed by atoms with Crippen LogP contribution in [0, 0.1) is 0 Å². The van der Waals surface area contributed by atoms with Gasteiger partial charge in [0.15, 0.2) is 16.4 Å². The number of rotatable bonds is 7. The van der Waals surface area contributed by atoms with Crippen molar-refractivity contribution >= 4 is 21.7 Å². The van der Waals surface area contributed by atoms with Crippen LogP contribution in [-0.2, 0) is 25.9 Å². The van der Waals surface area contributed by atoms with E-state index in [4.69, 9.17) is 9.47 Å². The highest BCUT2D eigenvalue weighted by atomic mass is 32.2. The summed E-state index contributed by atoms with van der Waals surface area (Å²) in [6, 6.07) is 15.3. The van der Waals surface area contributed by atoms with Crippen LogP contribution in [0.5, 0.6) is 5.75 Å². The van der Waals surface area contributed by atoms with E-state index < -0.39 is 34.4 Å². The maximum Gasteiger partial charge on any atom is 0.338 e. The summed E-state index contributed by atoms with van der Waals surface area (Å²) < 4.78 is 34.1. The first-order chi connectivity index (χ1) is 13.9. The Kier molecular flexibility index (Phi) is 6.53. The van der Waals surface area contributed by atoms with Crippen molar-refractivity contribution in [3.8, 4) is 5.75 Å². The number of benzene rings is 2. The van der Waals surface area contributed by atoms with E-state index in [-0.39, 0.29) is 23.6 Å². The highest BCUT2D eigenvalue weighted by Crippen LogP contribution is 2.21. The maximum absolute atomic E-state index is 12.8. The molecule has 0 spiro atoms. The predicted octanol–water partition coefficient (Wildman–Crippen LogP) is 2.07. The van der Waals surface area contributed by atoms with Crippen LogP contribution in [0.3, 0.4) is 0 Å². The highest BCUT2D eigenvalue weighted by Gasteiger charge is 2.35. The van der Waals surface area contributed by atoms with Gasteiger partial charge in [0.1, 0.15) is 5.75 Å². The number of hydrogen-bond donors (Lipinski definition) is 0. The molecule has 1 fully saturated rings. The van der Waals surface area contributed by atoms with Crippen LogP contribution < -0.4 is 4.74 Å². The van der Waals surface area contributed by atoms with Crippen LogP contribution in [-0.4, -0.2) is 56.5 Å². The monoisotopic (exact) mass is 417 g/mol. The molecule has 0 aliphatic carbocycles. The molecule has 2 aromatic carbocycles. The Balaban J connectivity index is 1.69. The molecule has 1 atom stereocenters. The second-order valence-corrected chi connectivity index (χ2v) is 9.10. The van der Waals surface area contributed by atoms with Crippen LogP contribution in [0.1, 0.15) is 22.3 Å². The van der Waals surface area contributed by atoms with Gasteiger partial charge in [0.2, 0.25) is 0 Å². The van der Waals surface area contributed by atoms with Gasteiger partial charge >= 0.3 is 5.97 Å². The smallest absolute Gasteiger partial charge is 0.338 e. The maximum atomic E-state index is 12.8. The molecule has 1 heterocycles. The van der Waals surface area contributed by atoms with E-state index in [0.717, 1.165) is 5.56 Å². The number of ether oxygens (including phenoxy) is 2. The number of amides is 1. The van der Waals surface area contributed by atoms with Crippen LogP contribution in [0.4, 0.5) is 0 Å². The van der Waals surface area contributed by atoms with Gasteiger partial charge in [0.05, 0.1) is 24.2 Å². The number of esters is 1. The fourth-order valence-electron chi connectivity index (χ4n) is 3.27. The standard InChI is InChI=1S/C21H23NO6S/c1-27-19-9-5-8-17(12-19)21(24)28-14-20(23)22(13-16-6-3-2-4-7-16)18-10-11-29(25,26)15-18/h2-9,12,18H,10-11,13-15H2,1H3/t18-/m1/s1. The Morgan fingerprint density at radius 3 is 2.52 bits per heavy atom. The minimum atomic E-state index is -3.16. The van der Waals surface area contributed by atoms with E-state index in [1.54, 1.807) is 18.2 Å². The van der Waals surface area contributed by atoms with Gasteiger partial charge in [-0.15, -0.1) is 0 Å². The van der Waals surface area contributed by atoms with Gasteiger partial charge in [0.25, 0.3) is 5.91 Å². The number of sulfone groups is 1. The second-order valence-electron chi connectivity index (χ2n) is 6.87. The number of nitrogens with zero attached hydrogens (tertiary/aromatic N) is 1. The largest absolute Gasteiger partial charge is 0.497 e. The number of methoxy groups -OCH3 is 1. The first-order valence-corrected chi connectivity index (χ1v) is 11.0. The molecule has 3 rings (SSSR count). The molecule has 0 bridgehead atoms. The van der Waals surface area contributed by atoms with Crippen molar-refractivity contribution in [2.45, 2.75) is 19.0 Å². The van der Waals surface area contributed by atoms with E-state index >= 15 is 0 Å². The van der Waals surface area contributed by atoms with Gasteiger partial charge in [-0.25, -0.2) is 13.2 Å². The minimum Gasteiger partial charge on any atom is -0.497 e. The normalized spacial score (nSPS) is 17.5. The van der Waals surface area contributed by atoms with E-state index in [0.29, 0.717) is 12.2 Å². The SMILES string of the molecule is COc1cccc(C(=O)OCC(=O)N(Cc2ccccc2)[C@@H]2CCS(=O)(=O)C2)c1. The van der Waals surface area contributed by atoms with Crippen LogP contribution >= 0.6 is 0 Å². The lowest BCUT2D eigenvalue weighted by atomic mass is 10.1. The fourth-order valence-corrected chi connectivity index (χ4v) is 5.00. The molecule has 1 saturated heterocycles. The van der Waals surface area contributed by atoms with Gasteiger partial charge in [-0.1, -0.05) is 36.4 Å². The third-order valence-electron chi connectivity index (χ3n) is 4.80. The molecule has 8 heteroatoms. The van der Waals surface area contributed by atoms with Gasteiger partial charge < -0.3 is 14.4 Å². The fraction of sp³-hybridized carbons (Fsp3) is 0.333. The lowest BCUT2D eigenvalue weighted by Gasteiger charge is -2.28. The van der Waals surface area contributed by atoms with Crippen molar-refractivity contribution < 1.29 is 27.5 Å². The zero-order valence-electron chi connectivity index (χ0n) is 16.1. The molecular formula is C21H23NO6S. The van der Waals surface area contributed by atoms with Gasteiger partial charge in [-0.05, 0) is 30.2 Å². The Morgan fingerprint density at radius 2 is 1.86 bits per heavy atom. The summed E-state index contributed by atoms with van der Waals surface area (Å²) in [4.78, 5) is 26.6. The molecular weight excluding hydrogens is 394 g/mol. The van der Waals surface area contributed by atoms with Crippen LogP contribution in [0.25, 0.3) is 0 Å². The molecule has 0 unspecified atom stereocenters.